The van der Waals surface area contributed by atoms with Gasteiger partial charge in [-0.05, 0) is 56.0 Å². The molecule has 0 amide bonds. The summed E-state index contributed by atoms with van der Waals surface area (Å²) in [5.41, 5.74) is 1.16. The van der Waals surface area contributed by atoms with Crippen LogP contribution < -0.4 is 9.47 Å². The summed E-state index contributed by atoms with van der Waals surface area (Å²) < 4.78 is 38.9. The van der Waals surface area contributed by atoms with Gasteiger partial charge in [0.25, 0.3) is 0 Å². The van der Waals surface area contributed by atoms with Gasteiger partial charge >= 0.3 is 0 Å². The van der Waals surface area contributed by atoms with Crippen LogP contribution in [0.2, 0.25) is 0 Å². The molecule has 0 aliphatic carbocycles. The van der Waals surface area contributed by atoms with E-state index in [0.717, 1.165) is 36.6 Å². The van der Waals surface area contributed by atoms with E-state index < -0.39 is 10.0 Å². The third-order valence-electron chi connectivity index (χ3n) is 6.56. The van der Waals surface area contributed by atoms with Crippen LogP contribution in [-0.4, -0.2) is 59.3 Å². The van der Waals surface area contributed by atoms with Crippen LogP contribution in [0.5, 0.6) is 11.5 Å². The second kappa shape index (κ2) is 7.79. The topological polar surface area (TPSA) is 84.9 Å². The number of likely N-dealkylation sites (tertiary alicyclic amines) is 1. The Morgan fingerprint density at radius 3 is 2.73 bits per heavy atom. The first kappa shape index (κ1) is 19.7. The molecule has 3 aliphatic rings. The maximum atomic E-state index is 13.2. The summed E-state index contributed by atoms with van der Waals surface area (Å²) in [7, 11) is -3.34. The van der Waals surface area contributed by atoms with E-state index in [4.69, 9.17) is 9.47 Å². The minimum Gasteiger partial charge on any atom is -0.454 e. The van der Waals surface area contributed by atoms with Crippen molar-refractivity contribution in [2.24, 2.45) is 5.92 Å². The highest BCUT2D eigenvalue weighted by atomic mass is 32.2. The Bertz CT molecular complexity index is 1020. The lowest BCUT2D eigenvalue weighted by molar-refractivity contribution is 0.173. The smallest absolute Gasteiger partial charge is 0.231 e. The Morgan fingerprint density at radius 2 is 1.90 bits per heavy atom. The molecule has 0 radical (unpaired) electrons. The molecular weight excluding hydrogens is 404 g/mol. The molecular formula is C21H26N4O4S. The monoisotopic (exact) mass is 430 g/mol. The molecule has 0 spiro atoms. The summed E-state index contributed by atoms with van der Waals surface area (Å²) in [6.45, 7) is 4.88. The van der Waals surface area contributed by atoms with Gasteiger partial charge in [-0.2, -0.15) is 4.31 Å². The lowest BCUT2D eigenvalue weighted by Gasteiger charge is -2.28. The number of rotatable bonds is 4. The third kappa shape index (κ3) is 3.55. The van der Waals surface area contributed by atoms with E-state index in [2.05, 4.69) is 27.9 Å². The largest absolute Gasteiger partial charge is 0.454 e. The number of hydrogen-bond donors (Lipinski definition) is 0. The summed E-state index contributed by atoms with van der Waals surface area (Å²) in [5.74, 6) is 2.26. The molecule has 0 bridgehead atoms. The van der Waals surface area contributed by atoms with Gasteiger partial charge in [0.15, 0.2) is 11.5 Å². The third-order valence-corrected chi connectivity index (χ3v) is 8.94. The van der Waals surface area contributed by atoms with E-state index in [1.165, 1.54) is 0 Å². The number of benzene rings is 1. The van der Waals surface area contributed by atoms with E-state index >= 15 is 0 Å². The molecule has 2 aromatic rings. The van der Waals surface area contributed by atoms with Crippen LogP contribution in [0.1, 0.15) is 37.2 Å². The molecule has 0 N–H and O–H groups in total. The quantitative estimate of drug-likeness (QED) is 0.735. The van der Waals surface area contributed by atoms with Gasteiger partial charge in [0, 0.05) is 31.5 Å². The molecule has 9 heteroatoms. The fourth-order valence-corrected chi connectivity index (χ4v) is 7.00. The van der Waals surface area contributed by atoms with E-state index in [1.54, 1.807) is 22.8 Å². The van der Waals surface area contributed by atoms with Crippen molar-refractivity contribution in [1.82, 2.24) is 19.2 Å². The van der Waals surface area contributed by atoms with Crippen LogP contribution in [0, 0.1) is 5.92 Å². The molecule has 2 saturated heterocycles. The summed E-state index contributed by atoms with van der Waals surface area (Å²) in [6.07, 6.45) is 4.82. The predicted octanol–water partition coefficient (Wildman–Crippen LogP) is 2.19. The highest BCUT2D eigenvalue weighted by Crippen LogP contribution is 2.39. The van der Waals surface area contributed by atoms with Crippen molar-refractivity contribution in [1.29, 1.82) is 0 Å². The number of aromatic nitrogens is 2. The van der Waals surface area contributed by atoms with Gasteiger partial charge in [-0.25, -0.2) is 18.4 Å². The van der Waals surface area contributed by atoms with E-state index in [9.17, 15) is 8.42 Å². The molecule has 4 heterocycles. The Kier molecular flexibility index (Phi) is 5.12. The molecule has 1 aromatic heterocycles. The fraction of sp³-hybridized carbons (Fsp3) is 0.524. The lowest BCUT2D eigenvalue weighted by Crippen LogP contribution is -2.33. The van der Waals surface area contributed by atoms with Gasteiger partial charge in [-0.15, -0.1) is 0 Å². The van der Waals surface area contributed by atoms with Crippen LogP contribution in [0.25, 0.3) is 0 Å². The Morgan fingerprint density at radius 1 is 1.13 bits per heavy atom. The molecule has 3 aliphatic heterocycles. The fourth-order valence-electron chi connectivity index (χ4n) is 4.81. The SMILES string of the molecule is CC(c1ccc2c(c1)OCO2)N1CCC2CN(Cc3ncccn3)S(=O)(=O)C2CC1. The van der Waals surface area contributed by atoms with Crippen LogP contribution in [0.3, 0.4) is 0 Å². The van der Waals surface area contributed by atoms with Crippen molar-refractivity contribution >= 4 is 10.0 Å². The molecule has 5 rings (SSSR count). The van der Waals surface area contributed by atoms with Crippen LogP contribution in [0.4, 0.5) is 0 Å². The molecule has 160 valence electrons. The van der Waals surface area contributed by atoms with Crippen molar-refractivity contribution in [3.8, 4) is 11.5 Å². The van der Waals surface area contributed by atoms with Gasteiger partial charge < -0.3 is 9.47 Å². The zero-order valence-electron chi connectivity index (χ0n) is 17.0. The minimum absolute atomic E-state index is 0.146. The average Bonchev–Trinajstić information content (AvgIpc) is 3.22. The summed E-state index contributed by atoms with van der Waals surface area (Å²) >= 11 is 0. The number of hydrogen-bond acceptors (Lipinski definition) is 7. The number of nitrogens with zero attached hydrogens (tertiary/aromatic N) is 4. The Hall–Kier alpha value is -2.23. The molecule has 8 nitrogen and oxygen atoms in total. The molecule has 3 unspecified atom stereocenters. The second-order valence-corrected chi connectivity index (χ2v) is 10.4. The lowest BCUT2D eigenvalue weighted by atomic mass is 10.0. The summed E-state index contributed by atoms with van der Waals surface area (Å²) in [5, 5.41) is -0.324. The van der Waals surface area contributed by atoms with E-state index in [1.807, 2.05) is 12.1 Å². The first-order valence-corrected chi connectivity index (χ1v) is 11.9. The molecule has 1 aromatic carbocycles. The van der Waals surface area contributed by atoms with Gasteiger partial charge in [0.1, 0.15) is 5.82 Å². The normalized spacial score (nSPS) is 26.8. The summed E-state index contributed by atoms with van der Waals surface area (Å²) in [4.78, 5) is 10.8. The van der Waals surface area contributed by atoms with Crippen molar-refractivity contribution in [2.75, 3.05) is 26.4 Å². The maximum Gasteiger partial charge on any atom is 0.231 e. The Balaban J connectivity index is 1.28. The maximum absolute atomic E-state index is 13.2. The van der Waals surface area contributed by atoms with E-state index in [0.29, 0.717) is 18.8 Å². The molecule has 0 saturated carbocycles. The number of fused-ring (bicyclic) bond motifs is 2. The van der Waals surface area contributed by atoms with Crippen molar-refractivity contribution in [3.05, 3.63) is 48.0 Å². The molecule has 2 fully saturated rings. The zero-order valence-corrected chi connectivity index (χ0v) is 17.8. The predicted molar refractivity (Wildman–Crippen MR) is 110 cm³/mol. The van der Waals surface area contributed by atoms with Crippen LogP contribution in [-0.2, 0) is 16.6 Å². The Labute approximate surface area is 176 Å². The van der Waals surface area contributed by atoms with Gasteiger partial charge in [-0.1, -0.05) is 6.07 Å². The van der Waals surface area contributed by atoms with E-state index in [-0.39, 0.29) is 30.5 Å². The highest BCUT2D eigenvalue weighted by Gasteiger charge is 2.47. The van der Waals surface area contributed by atoms with Crippen molar-refractivity contribution in [3.63, 3.8) is 0 Å². The first-order chi connectivity index (χ1) is 14.5. The van der Waals surface area contributed by atoms with Gasteiger partial charge in [0.05, 0.1) is 11.8 Å². The minimum atomic E-state index is -3.34. The molecule has 30 heavy (non-hydrogen) atoms. The van der Waals surface area contributed by atoms with Crippen LogP contribution in [0.15, 0.2) is 36.7 Å². The standard InChI is InChI=1S/C21H26N4O4S/c1-15(16-3-4-18-19(11-16)29-14-28-18)24-9-5-17-12-25(13-21-22-7-2-8-23-21)30(26,27)20(17)6-10-24/h2-4,7-8,11,15,17,20H,5-6,9-10,12-14H2,1H3. The van der Waals surface area contributed by atoms with Crippen molar-refractivity contribution < 1.29 is 17.9 Å². The number of ether oxygens (including phenoxy) is 2. The number of sulfonamides is 1. The highest BCUT2D eigenvalue weighted by molar-refractivity contribution is 7.90. The van der Waals surface area contributed by atoms with Crippen molar-refractivity contribution in [2.45, 2.75) is 37.6 Å². The van der Waals surface area contributed by atoms with Crippen LogP contribution >= 0.6 is 0 Å². The van der Waals surface area contributed by atoms with Gasteiger partial charge in [0.2, 0.25) is 16.8 Å². The second-order valence-electron chi connectivity index (χ2n) is 8.20. The first-order valence-electron chi connectivity index (χ1n) is 10.4. The van der Waals surface area contributed by atoms with Gasteiger partial charge in [-0.3, -0.25) is 4.90 Å². The molecule has 3 atom stereocenters. The summed E-state index contributed by atoms with van der Waals surface area (Å²) in [6, 6.07) is 7.99. The average molecular weight is 431 g/mol. The zero-order chi connectivity index (χ0) is 20.7.